The Hall–Kier alpha value is -4.34. The molecule has 170 valence electrons. The summed E-state index contributed by atoms with van der Waals surface area (Å²) in [5.74, 6) is -2.92. The SMILES string of the molecule is COC(=O)C[C@H](c1ccc([N+](=O)[O-])cc1)[C@H](NC(=O)c1cccc2cccnc12)C(=O)OC. The quantitative estimate of drug-likeness (QED) is 0.313. The molecule has 0 aliphatic carbocycles. The Labute approximate surface area is 188 Å². The molecular formula is C23H21N3O7. The first kappa shape index (κ1) is 23.3. The fraction of sp³-hybridized carbons (Fsp3) is 0.217. The van der Waals surface area contributed by atoms with Crippen molar-refractivity contribution >= 4 is 34.4 Å². The van der Waals surface area contributed by atoms with Crippen LogP contribution in [0.3, 0.4) is 0 Å². The molecule has 1 aromatic heterocycles. The highest BCUT2D eigenvalue weighted by Gasteiger charge is 2.35. The number of benzene rings is 2. The van der Waals surface area contributed by atoms with Crippen molar-refractivity contribution in [3.05, 3.63) is 82.0 Å². The number of non-ortho nitro benzene ring substituents is 1. The lowest BCUT2D eigenvalue weighted by molar-refractivity contribution is -0.384. The molecule has 0 bridgehead atoms. The number of aromatic nitrogens is 1. The van der Waals surface area contributed by atoms with Gasteiger partial charge in [0.1, 0.15) is 6.04 Å². The molecule has 3 rings (SSSR count). The van der Waals surface area contributed by atoms with E-state index in [1.165, 1.54) is 31.4 Å². The van der Waals surface area contributed by atoms with E-state index in [1.807, 2.05) is 0 Å². The minimum atomic E-state index is -1.28. The molecular weight excluding hydrogens is 430 g/mol. The lowest BCUT2D eigenvalue weighted by atomic mass is 9.88. The maximum atomic E-state index is 13.2. The van der Waals surface area contributed by atoms with Crippen molar-refractivity contribution in [3.63, 3.8) is 0 Å². The summed E-state index contributed by atoms with van der Waals surface area (Å²) in [6.45, 7) is 0. The lowest BCUT2D eigenvalue weighted by Gasteiger charge is -2.26. The van der Waals surface area contributed by atoms with Crippen molar-refractivity contribution in [2.75, 3.05) is 14.2 Å². The number of esters is 2. The molecule has 0 saturated carbocycles. The zero-order chi connectivity index (χ0) is 24.0. The largest absolute Gasteiger partial charge is 0.469 e. The Morgan fingerprint density at radius 3 is 2.36 bits per heavy atom. The number of nitrogens with zero attached hydrogens (tertiary/aromatic N) is 2. The highest BCUT2D eigenvalue weighted by atomic mass is 16.6. The number of hydrogen-bond acceptors (Lipinski definition) is 8. The Balaban J connectivity index is 2.00. The summed E-state index contributed by atoms with van der Waals surface area (Å²) in [5.41, 5.74) is 0.942. The first-order valence-corrected chi connectivity index (χ1v) is 9.89. The van der Waals surface area contributed by atoms with E-state index < -0.39 is 34.7 Å². The number of hydrogen-bond donors (Lipinski definition) is 1. The van der Waals surface area contributed by atoms with Gasteiger partial charge in [0.05, 0.1) is 36.6 Å². The van der Waals surface area contributed by atoms with Gasteiger partial charge in [-0.05, 0) is 17.7 Å². The summed E-state index contributed by atoms with van der Waals surface area (Å²) in [4.78, 5) is 52.6. The van der Waals surface area contributed by atoms with Crippen molar-refractivity contribution in [1.29, 1.82) is 0 Å². The predicted molar refractivity (Wildman–Crippen MR) is 117 cm³/mol. The number of pyridine rings is 1. The number of fused-ring (bicyclic) bond motifs is 1. The third-order valence-electron chi connectivity index (χ3n) is 5.17. The number of para-hydroxylation sites is 1. The molecule has 1 heterocycles. The van der Waals surface area contributed by atoms with Crippen LogP contribution in [0.25, 0.3) is 10.9 Å². The minimum absolute atomic E-state index is 0.156. The second-order valence-corrected chi connectivity index (χ2v) is 7.09. The monoisotopic (exact) mass is 451 g/mol. The molecule has 0 radical (unpaired) electrons. The standard InChI is InChI=1S/C23H21N3O7/c1-32-19(27)13-18(14-8-10-16(11-9-14)26(30)31)21(23(29)33-2)25-22(28)17-7-3-5-15-6-4-12-24-20(15)17/h3-12,18,21H,13H2,1-2H3,(H,25,28)/t18-,21+/m1/s1. The fourth-order valence-corrected chi connectivity index (χ4v) is 3.49. The van der Waals surface area contributed by atoms with Crippen LogP contribution in [-0.2, 0) is 19.1 Å². The minimum Gasteiger partial charge on any atom is -0.469 e. The molecule has 1 amide bonds. The number of rotatable bonds is 8. The maximum Gasteiger partial charge on any atom is 0.329 e. The number of ether oxygens (including phenoxy) is 2. The van der Waals surface area contributed by atoms with Crippen molar-refractivity contribution in [3.8, 4) is 0 Å². The van der Waals surface area contributed by atoms with Crippen molar-refractivity contribution in [2.24, 2.45) is 0 Å². The Morgan fingerprint density at radius 1 is 1.03 bits per heavy atom. The predicted octanol–water partition coefficient (Wildman–Crippen LogP) is 2.76. The van der Waals surface area contributed by atoms with Crippen molar-refractivity contribution in [1.82, 2.24) is 10.3 Å². The molecule has 0 spiro atoms. The summed E-state index contributed by atoms with van der Waals surface area (Å²) in [7, 11) is 2.36. The van der Waals surface area contributed by atoms with Gasteiger partial charge in [-0.2, -0.15) is 0 Å². The normalized spacial score (nSPS) is 12.4. The number of carbonyl (C=O) groups is 3. The number of carbonyl (C=O) groups excluding carboxylic acids is 3. The molecule has 2 atom stereocenters. The van der Waals surface area contributed by atoms with E-state index in [1.54, 1.807) is 36.5 Å². The van der Waals surface area contributed by atoms with Crippen LogP contribution in [0.4, 0.5) is 5.69 Å². The van der Waals surface area contributed by atoms with E-state index >= 15 is 0 Å². The van der Waals surface area contributed by atoms with Crippen molar-refractivity contribution < 1.29 is 28.8 Å². The third-order valence-corrected chi connectivity index (χ3v) is 5.17. The summed E-state index contributed by atoms with van der Waals surface area (Å²) < 4.78 is 9.64. The second kappa shape index (κ2) is 10.3. The highest BCUT2D eigenvalue weighted by molar-refractivity contribution is 6.06. The van der Waals surface area contributed by atoms with Gasteiger partial charge in [0.2, 0.25) is 0 Å². The van der Waals surface area contributed by atoms with Crippen LogP contribution in [0.1, 0.15) is 28.3 Å². The molecule has 0 unspecified atom stereocenters. The molecule has 0 aliphatic heterocycles. The van der Waals surface area contributed by atoms with Gasteiger partial charge in [0, 0.05) is 29.6 Å². The molecule has 0 aliphatic rings. The number of nitro groups is 1. The Kier molecular flexibility index (Phi) is 7.29. The van der Waals surface area contributed by atoms with E-state index in [9.17, 15) is 24.5 Å². The van der Waals surface area contributed by atoms with Gasteiger partial charge < -0.3 is 14.8 Å². The van der Waals surface area contributed by atoms with Gasteiger partial charge in [-0.25, -0.2) is 4.79 Å². The van der Waals surface area contributed by atoms with E-state index in [0.717, 1.165) is 12.5 Å². The molecule has 10 nitrogen and oxygen atoms in total. The van der Waals surface area contributed by atoms with E-state index in [2.05, 4.69) is 10.3 Å². The maximum absolute atomic E-state index is 13.2. The van der Waals surface area contributed by atoms with Crippen LogP contribution < -0.4 is 5.32 Å². The molecule has 0 fully saturated rings. The second-order valence-electron chi connectivity index (χ2n) is 7.09. The first-order chi connectivity index (χ1) is 15.8. The first-order valence-electron chi connectivity index (χ1n) is 9.89. The number of nitro benzene ring substituents is 1. The third kappa shape index (κ3) is 5.29. The topological polar surface area (TPSA) is 138 Å². The molecule has 1 N–H and O–H groups in total. The van der Waals surface area contributed by atoms with Crippen LogP contribution in [0.2, 0.25) is 0 Å². The summed E-state index contributed by atoms with van der Waals surface area (Å²) in [5, 5.41) is 14.4. The van der Waals surface area contributed by atoms with Gasteiger partial charge >= 0.3 is 11.9 Å². The van der Waals surface area contributed by atoms with Crippen LogP contribution in [0, 0.1) is 10.1 Å². The van der Waals surface area contributed by atoms with Gasteiger partial charge in [-0.3, -0.25) is 24.7 Å². The average Bonchev–Trinajstić information content (AvgIpc) is 2.84. The number of nitrogens with one attached hydrogen (secondary N) is 1. The number of methoxy groups -OCH3 is 2. The smallest absolute Gasteiger partial charge is 0.329 e. The van der Waals surface area contributed by atoms with E-state index in [0.29, 0.717) is 11.1 Å². The Morgan fingerprint density at radius 2 is 1.73 bits per heavy atom. The molecule has 10 heteroatoms. The zero-order valence-corrected chi connectivity index (χ0v) is 17.9. The molecule has 33 heavy (non-hydrogen) atoms. The summed E-state index contributed by atoms with van der Waals surface area (Å²) >= 11 is 0. The summed E-state index contributed by atoms with van der Waals surface area (Å²) in [6.07, 6.45) is 1.27. The Bertz CT molecular complexity index is 1190. The van der Waals surface area contributed by atoms with Crippen LogP contribution in [-0.4, -0.2) is 48.0 Å². The number of amides is 1. The summed E-state index contributed by atoms with van der Waals surface area (Å²) in [6, 6.07) is 12.7. The average molecular weight is 451 g/mol. The van der Waals surface area contributed by atoms with Crippen LogP contribution >= 0.6 is 0 Å². The van der Waals surface area contributed by atoms with Gasteiger partial charge in [0.15, 0.2) is 0 Å². The highest BCUT2D eigenvalue weighted by Crippen LogP contribution is 2.28. The van der Waals surface area contributed by atoms with Gasteiger partial charge in [-0.1, -0.05) is 30.3 Å². The van der Waals surface area contributed by atoms with Crippen LogP contribution in [0.15, 0.2) is 60.8 Å². The molecule has 3 aromatic rings. The fourth-order valence-electron chi connectivity index (χ4n) is 3.49. The van der Waals surface area contributed by atoms with Gasteiger partial charge in [-0.15, -0.1) is 0 Å². The van der Waals surface area contributed by atoms with E-state index in [4.69, 9.17) is 9.47 Å². The van der Waals surface area contributed by atoms with Crippen LogP contribution in [0.5, 0.6) is 0 Å². The van der Waals surface area contributed by atoms with Gasteiger partial charge in [0.25, 0.3) is 11.6 Å². The molecule has 0 saturated heterocycles. The van der Waals surface area contributed by atoms with Crippen molar-refractivity contribution in [2.45, 2.75) is 18.4 Å². The lowest BCUT2D eigenvalue weighted by Crippen LogP contribution is -2.46. The zero-order valence-electron chi connectivity index (χ0n) is 17.9. The van der Waals surface area contributed by atoms with E-state index in [-0.39, 0.29) is 17.7 Å². The molecule has 2 aromatic carbocycles.